The smallest absolute Gasteiger partial charge is 0.0991 e. The van der Waals surface area contributed by atoms with Crippen molar-refractivity contribution in [1.82, 2.24) is 9.13 Å². The van der Waals surface area contributed by atoms with Gasteiger partial charge in [0.15, 0.2) is 0 Å². The van der Waals surface area contributed by atoms with Gasteiger partial charge in [-0.05, 0) is 77.4 Å². The van der Waals surface area contributed by atoms with Crippen LogP contribution in [-0.2, 0) is 5.41 Å². The molecule has 0 fully saturated rings. The Kier molecular flexibility index (Phi) is 5.06. The summed E-state index contributed by atoms with van der Waals surface area (Å²) < 4.78 is 4.67. The van der Waals surface area contributed by atoms with Crippen LogP contribution < -0.4 is 0 Å². The van der Waals surface area contributed by atoms with E-state index in [1.54, 1.807) is 0 Å². The van der Waals surface area contributed by atoms with E-state index in [1.165, 1.54) is 44.1 Å². The Labute approximate surface area is 260 Å². The highest BCUT2D eigenvalue weighted by Crippen LogP contribution is 2.52. The lowest BCUT2D eigenvalue weighted by molar-refractivity contribution is 0.661. The highest BCUT2D eigenvalue weighted by Gasteiger charge is 2.37. The summed E-state index contributed by atoms with van der Waals surface area (Å²) in [6.07, 6.45) is 0. The molecule has 0 saturated carbocycles. The van der Waals surface area contributed by atoms with Crippen molar-refractivity contribution in [1.29, 1.82) is 10.5 Å². The Morgan fingerprint density at radius 1 is 0.511 bits per heavy atom. The molecule has 210 valence electrons. The summed E-state index contributed by atoms with van der Waals surface area (Å²) in [5.74, 6) is 0. The first-order chi connectivity index (χ1) is 22.0. The van der Waals surface area contributed by atoms with E-state index < -0.39 is 0 Å². The standard InChI is InChI=1S/C41H26N4/c1-41(2)34-12-5-3-11-31(34)39-35(41)17-16-30-29-10-4-6-13-36(29)45(40(30)39)28-9-7-8-27(22-28)44-37-18-14-25(23-42)20-32(37)33-21-26(24-43)15-19-38(33)44/h3-22H,1-2H3. The summed E-state index contributed by atoms with van der Waals surface area (Å²) in [4.78, 5) is 0. The van der Waals surface area contributed by atoms with Gasteiger partial charge in [0.2, 0.25) is 0 Å². The van der Waals surface area contributed by atoms with E-state index in [2.05, 4.69) is 120 Å². The zero-order valence-electron chi connectivity index (χ0n) is 24.8. The lowest BCUT2D eigenvalue weighted by atomic mass is 9.82. The highest BCUT2D eigenvalue weighted by molar-refractivity contribution is 6.16. The molecular formula is C41H26N4. The summed E-state index contributed by atoms with van der Waals surface area (Å²) in [5.41, 5.74) is 12.9. The van der Waals surface area contributed by atoms with Crippen LogP contribution in [0.15, 0.2) is 121 Å². The molecule has 0 N–H and O–H groups in total. The van der Waals surface area contributed by atoms with Gasteiger partial charge in [0.1, 0.15) is 0 Å². The zero-order chi connectivity index (χ0) is 30.4. The number of nitriles is 2. The van der Waals surface area contributed by atoms with E-state index >= 15 is 0 Å². The zero-order valence-corrected chi connectivity index (χ0v) is 24.8. The van der Waals surface area contributed by atoms with Crippen molar-refractivity contribution in [3.05, 3.63) is 144 Å². The van der Waals surface area contributed by atoms with Crippen LogP contribution in [-0.4, -0.2) is 9.13 Å². The predicted octanol–water partition coefficient (Wildman–Crippen LogP) is 9.93. The SMILES string of the molecule is CC1(C)c2ccccc2-c2c1ccc1c3ccccc3n(-c3cccc(-n4c5ccc(C#N)cc5c5cc(C#N)ccc54)c3)c21. The minimum absolute atomic E-state index is 0.100. The van der Waals surface area contributed by atoms with E-state index in [0.717, 1.165) is 33.2 Å². The molecule has 4 heteroatoms. The van der Waals surface area contributed by atoms with Crippen LogP contribution in [0.2, 0.25) is 0 Å². The molecule has 0 atom stereocenters. The molecule has 4 nitrogen and oxygen atoms in total. The molecule has 2 heterocycles. The Bertz CT molecular complexity index is 2580. The van der Waals surface area contributed by atoms with E-state index in [9.17, 15) is 10.5 Å². The number of hydrogen-bond donors (Lipinski definition) is 0. The van der Waals surface area contributed by atoms with Crippen molar-refractivity contribution in [3.8, 4) is 34.6 Å². The second-order valence-corrected chi connectivity index (χ2v) is 12.5. The normalized spacial score (nSPS) is 13.2. The van der Waals surface area contributed by atoms with E-state index in [4.69, 9.17) is 0 Å². The molecule has 1 aliphatic rings. The number of nitrogens with zero attached hydrogens (tertiary/aromatic N) is 4. The first-order valence-electron chi connectivity index (χ1n) is 15.2. The maximum atomic E-state index is 9.66. The Hall–Kier alpha value is -6.10. The molecule has 0 saturated heterocycles. The summed E-state index contributed by atoms with van der Waals surface area (Å²) in [6, 6.07) is 47.0. The van der Waals surface area contributed by atoms with Crippen molar-refractivity contribution in [2.75, 3.05) is 0 Å². The van der Waals surface area contributed by atoms with Crippen LogP contribution in [0.3, 0.4) is 0 Å². The van der Waals surface area contributed by atoms with Gasteiger partial charge in [-0.15, -0.1) is 0 Å². The van der Waals surface area contributed by atoms with E-state index in [0.29, 0.717) is 11.1 Å². The van der Waals surface area contributed by atoms with Crippen molar-refractivity contribution < 1.29 is 0 Å². The summed E-state index contributed by atoms with van der Waals surface area (Å²) in [5, 5.41) is 23.7. The molecule has 9 rings (SSSR count). The monoisotopic (exact) mass is 574 g/mol. The summed E-state index contributed by atoms with van der Waals surface area (Å²) in [7, 11) is 0. The third-order valence-electron chi connectivity index (χ3n) is 9.75. The summed E-state index contributed by atoms with van der Waals surface area (Å²) in [6.45, 7) is 4.66. The molecule has 0 aliphatic heterocycles. The molecule has 0 spiro atoms. The molecular weight excluding hydrogens is 548 g/mol. The largest absolute Gasteiger partial charge is 0.309 e. The second kappa shape index (κ2) is 8.96. The quantitative estimate of drug-likeness (QED) is 0.206. The first-order valence-corrected chi connectivity index (χ1v) is 15.2. The Morgan fingerprint density at radius 2 is 1.13 bits per heavy atom. The average Bonchev–Trinajstić information content (AvgIpc) is 3.67. The number of rotatable bonds is 2. The molecule has 0 amide bonds. The number of para-hydroxylation sites is 1. The molecule has 45 heavy (non-hydrogen) atoms. The van der Waals surface area contributed by atoms with Gasteiger partial charge in [0, 0.05) is 43.9 Å². The fourth-order valence-electron chi connectivity index (χ4n) is 7.72. The number of hydrogen-bond acceptors (Lipinski definition) is 2. The van der Waals surface area contributed by atoms with Gasteiger partial charge in [-0.2, -0.15) is 10.5 Å². The second-order valence-electron chi connectivity index (χ2n) is 12.5. The lowest BCUT2D eigenvalue weighted by Gasteiger charge is -2.21. The van der Waals surface area contributed by atoms with Gasteiger partial charge in [-0.3, -0.25) is 0 Å². The van der Waals surface area contributed by atoms with Crippen molar-refractivity contribution in [2.45, 2.75) is 19.3 Å². The molecule has 0 unspecified atom stereocenters. The third kappa shape index (κ3) is 3.34. The summed E-state index contributed by atoms with van der Waals surface area (Å²) >= 11 is 0. The van der Waals surface area contributed by atoms with Crippen LogP contribution in [0, 0.1) is 22.7 Å². The fraction of sp³-hybridized carbons (Fsp3) is 0.0732. The molecule has 2 aromatic heterocycles. The third-order valence-corrected chi connectivity index (χ3v) is 9.75. The molecule has 0 bridgehead atoms. The molecule has 0 radical (unpaired) electrons. The number of aromatic nitrogens is 2. The van der Waals surface area contributed by atoms with Crippen LogP contribution in [0.25, 0.3) is 66.1 Å². The first kappa shape index (κ1) is 25.4. The van der Waals surface area contributed by atoms with E-state index in [-0.39, 0.29) is 5.41 Å². The van der Waals surface area contributed by atoms with Gasteiger partial charge < -0.3 is 9.13 Å². The van der Waals surface area contributed by atoms with Gasteiger partial charge in [-0.25, -0.2) is 0 Å². The van der Waals surface area contributed by atoms with Crippen LogP contribution >= 0.6 is 0 Å². The molecule has 1 aliphatic carbocycles. The maximum absolute atomic E-state index is 9.66. The lowest BCUT2D eigenvalue weighted by Crippen LogP contribution is -2.14. The van der Waals surface area contributed by atoms with Crippen LogP contribution in [0.1, 0.15) is 36.1 Å². The van der Waals surface area contributed by atoms with E-state index in [1.807, 2.05) is 36.4 Å². The number of benzene rings is 6. The van der Waals surface area contributed by atoms with Gasteiger partial charge in [0.25, 0.3) is 0 Å². The predicted molar refractivity (Wildman–Crippen MR) is 182 cm³/mol. The van der Waals surface area contributed by atoms with Gasteiger partial charge in [-0.1, -0.05) is 74.5 Å². The fourth-order valence-corrected chi connectivity index (χ4v) is 7.72. The topological polar surface area (TPSA) is 57.4 Å². The van der Waals surface area contributed by atoms with Gasteiger partial charge in [0.05, 0.1) is 45.3 Å². The highest BCUT2D eigenvalue weighted by atomic mass is 15.0. The average molecular weight is 575 g/mol. The van der Waals surface area contributed by atoms with Crippen molar-refractivity contribution in [3.63, 3.8) is 0 Å². The Morgan fingerprint density at radius 3 is 1.84 bits per heavy atom. The maximum Gasteiger partial charge on any atom is 0.0991 e. The van der Waals surface area contributed by atoms with Gasteiger partial charge >= 0.3 is 0 Å². The molecule has 6 aromatic carbocycles. The van der Waals surface area contributed by atoms with Crippen LogP contribution in [0.4, 0.5) is 0 Å². The minimum atomic E-state index is -0.100. The van der Waals surface area contributed by atoms with Crippen molar-refractivity contribution in [2.24, 2.45) is 0 Å². The minimum Gasteiger partial charge on any atom is -0.309 e. The Balaban J connectivity index is 1.37. The molecule has 8 aromatic rings. The number of fused-ring (bicyclic) bond motifs is 10. The van der Waals surface area contributed by atoms with Crippen molar-refractivity contribution >= 4 is 43.6 Å². The van der Waals surface area contributed by atoms with Crippen LogP contribution in [0.5, 0.6) is 0 Å².